The van der Waals surface area contributed by atoms with Crippen LogP contribution >= 0.6 is 0 Å². The number of nitrogens with zero attached hydrogens (tertiary/aromatic N) is 5. The molecule has 0 spiro atoms. The highest BCUT2D eigenvalue weighted by Crippen LogP contribution is 2.27. The summed E-state index contributed by atoms with van der Waals surface area (Å²) in [5.74, 6) is 1.70. The molecule has 2 aromatic heterocycles. The van der Waals surface area contributed by atoms with Gasteiger partial charge in [-0.3, -0.25) is 4.79 Å². The molecule has 1 aliphatic rings. The van der Waals surface area contributed by atoms with Crippen molar-refractivity contribution >= 4 is 12.0 Å². The summed E-state index contributed by atoms with van der Waals surface area (Å²) in [6, 6.07) is 0.216. The molecule has 10 heteroatoms. The second kappa shape index (κ2) is 12.9. The van der Waals surface area contributed by atoms with Crippen LogP contribution in [-0.2, 0) is 20.8 Å². The molecule has 180 valence electrons. The Morgan fingerprint density at radius 1 is 1.12 bits per heavy atom. The van der Waals surface area contributed by atoms with Crippen LogP contribution in [0.3, 0.4) is 0 Å². The van der Waals surface area contributed by atoms with Crippen molar-refractivity contribution in [2.75, 3.05) is 53.7 Å². The van der Waals surface area contributed by atoms with E-state index in [1.54, 1.807) is 12.3 Å². The predicted molar refractivity (Wildman–Crippen MR) is 122 cm³/mol. The lowest BCUT2D eigenvalue weighted by molar-refractivity contribution is -0.127. The second-order valence-electron chi connectivity index (χ2n) is 7.54. The fourth-order valence-electron chi connectivity index (χ4n) is 3.76. The first-order chi connectivity index (χ1) is 16.2. The molecule has 0 aliphatic carbocycles. The van der Waals surface area contributed by atoms with E-state index in [2.05, 4.69) is 19.5 Å². The van der Waals surface area contributed by atoms with Crippen molar-refractivity contribution in [3.05, 3.63) is 36.1 Å². The fourth-order valence-corrected chi connectivity index (χ4v) is 3.76. The molecule has 33 heavy (non-hydrogen) atoms. The zero-order chi connectivity index (χ0) is 23.5. The topological polar surface area (TPSA) is 101 Å². The van der Waals surface area contributed by atoms with Crippen LogP contribution in [0.2, 0.25) is 0 Å². The Kier molecular flexibility index (Phi) is 9.64. The van der Waals surface area contributed by atoms with Gasteiger partial charge in [0.2, 0.25) is 11.8 Å². The van der Waals surface area contributed by atoms with E-state index in [9.17, 15) is 4.79 Å². The van der Waals surface area contributed by atoms with E-state index in [1.807, 2.05) is 24.2 Å². The van der Waals surface area contributed by atoms with Crippen molar-refractivity contribution in [3.8, 4) is 11.9 Å². The van der Waals surface area contributed by atoms with Crippen molar-refractivity contribution in [2.45, 2.75) is 32.2 Å². The van der Waals surface area contributed by atoms with Crippen LogP contribution in [-0.4, -0.2) is 84.1 Å². The van der Waals surface area contributed by atoms with Crippen LogP contribution in [0.4, 0.5) is 0 Å². The lowest BCUT2D eigenvalue weighted by Crippen LogP contribution is -2.37. The molecule has 1 fully saturated rings. The van der Waals surface area contributed by atoms with Crippen LogP contribution in [0.15, 0.2) is 24.7 Å². The van der Waals surface area contributed by atoms with Gasteiger partial charge in [-0.1, -0.05) is 0 Å². The van der Waals surface area contributed by atoms with Gasteiger partial charge in [-0.05, 0) is 25.8 Å². The predicted octanol–water partition coefficient (Wildman–Crippen LogP) is 2.16. The first-order valence-corrected chi connectivity index (χ1v) is 11.2. The van der Waals surface area contributed by atoms with Gasteiger partial charge in [-0.25, -0.2) is 9.97 Å². The van der Waals surface area contributed by atoms with Gasteiger partial charge in [0.15, 0.2) is 0 Å². The number of ether oxygens (including phenoxy) is 4. The summed E-state index contributed by atoms with van der Waals surface area (Å²) < 4.78 is 23.3. The van der Waals surface area contributed by atoms with E-state index in [0.717, 1.165) is 25.2 Å². The van der Waals surface area contributed by atoms with E-state index in [0.29, 0.717) is 56.9 Å². The quantitative estimate of drug-likeness (QED) is 0.352. The van der Waals surface area contributed by atoms with E-state index < -0.39 is 0 Å². The largest absolute Gasteiger partial charge is 0.480 e. The minimum absolute atomic E-state index is 0.0441. The van der Waals surface area contributed by atoms with Gasteiger partial charge in [0.1, 0.15) is 5.82 Å². The SMILES string of the molecule is CCOCCOCCn1ccnc1C1CCN(C(=O)C=Cc2cnc(OC)nc2OC)CC1. The molecule has 1 aliphatic heterocycles. The molecule has 0 unspecified atom stereocenters. The number of amides is 1. The molecule has 2 aromatic rings. The molecule has 1 saturated heterocycles. The summed E-state index contributed by atoms with van der Waals surface area (Å²) in [6.45, 7) is 6.64. The van der Waals surface area contributed by atoms with Crippen molar-refractivity contribution in [2.24, 2.45) is 0 Å². The van der Waals surface area contributed by atoms with Crippen LogP contribution in [0, 0.1) is 0 Å². The number of rotatable bonds is 12. The summed E-state index contributed by atoms with van der Waals surface area (Å²) in [4.78, 5) is 27.3. The number of carbonyl (C=O) groups excluding carboxylic acids is 1. The third-order valence-electron chi connectivity index (χ3n) is 5.51. The molecule has 10 nitrogen and oxygen atoms in total. The number of carbonyl (C=O) groups is 1. The molecule has 0 aromatic carbocycles. The van der Waals surface area contributed by atoms with Gasteiger partial charge >= 0.3 is 6.01 Å². The molecule has 0 N–H and O–H groups in total. The highest BCUT2D eigenvalue weighted by atomic mass is 16.5. The monoisotopic (exact) mass is 459 g/mol. The highest BCUT2D eigenvalue weighted by Gasteiger charge is 2.25. The third kappa shape index (κ3) is 7.00. The minimum Gasteiger partial charge on any atom is -0.480 e. The maximum absolute atomic E-state index is 12.7. The van der Waals surface area contributed by atoms with Gasteiger partial charge in [0, 0.05) is 56.8 Å². The first-order valence-electron chi connectivity index (χ1n) is 11.2. The van der Waals surface area contributed by atoms with Crippen LogP contribution in [0.25, 0.3) is 6.08 Å². The number of hydrogen-bond donors (Lipinski definition) is 0. The molecule has 3 heterocycles. The minimum atomic E-state index is -0.0441. The zero-order valence-corrected chi connectivity index (χ0v) is 19.6. The third-order valence-corrected chi connectivity index (χ3v) is 5.51. The summed E-state index contributed by atoms with van der Waals surface area (Å²) in [5, 5.41) is 0. The normalized spacial score (nSPS) is 14.7. The highest BCUT2D eigenvalue weighted by molar-refractivity contribution is 5.92. The summed E-state index contributed by atoms with van der Waals surface area (Å²) >= 11 is 0. The Hall–Kier alpha value is -2.98. The number of methoxy groups -OCH3 is 2. The smallest absolute Gasteiger partial charge is 0.319 e. The first kappa shape index (κ1) is 24.7. The van der Waals surface area contributed by atoms with E-state index in [1.165, 1.54) is 20.3 Å². The Morgan fingerprint density at radius 3 is 2.64 bits per heavy atom. The molecule has 0 atom stereocenters. The van der Waals surface area contributed by atoms with Crippen LogP contribution in [0.5, 0.6) is 11.9 Å². The summed E-state index contributed by atoms with van der Waals surface area (Å²) in [7, 11) is 3.00. The van der Waals surface area contributed by atoms with Gasteiger partial charge in [-0.2, -0.15) is 4.98 Å². The Balaban J connectivity index is 1.49. The average molecular weight is 460 g/mol. The zero-order valence-electron chi connectivity index (χ0n) is 19.6. The average Bonchev–Trinajstić information content (AvgIpc) is 3.33. The standard InChI is InChI=1S/C23H33N5O5/c1-4-32-15-16-33-14-13-28-12-9-24-21(28)18-7-10-27(11-8-18)20(29)6-5-19-17-25-23(31-3)26-22(19)30-2/h5-6,9,12,17-18H,4,7-8,10-11,13-16H2,1-3H3. The van der Waals surface area contributed by atoms with Crippen LogP contribution < -0.4 is 9.47 Å². The van der Waals surface area contributed by atoms with Gasteiger partial charge in [-0.15, -0.1) is 0 Å². The number of piperidine rings is 1. The Bertz CT molecular complexity index is 908. The van der Waals surface area contributed by atoms with E-state index in [-0.39, 0.29) is 11.9 Å². The summed E-state index contributed by atoms with van der Waals surface area (Å²) in [5.41, 5.74) is 0.618. The van der Waals surface area contributed by atoms with Crippen molar-refractivity contribution in [1.82, 2.24) is 24.4 Å². The second-order valence-corrected chi connectivity index (χ2v) is 7.54. The number of likely N-dealkylation sites (tertiary alicyclic amines) is 1. The van der Waals surface area contributed by atoms with E-state index >= 15 is 0 Å². The molecular weight excluding hydrogens is 426 g/mol. The maximum atomic E-state index is 12.7. The van der Waals surface area contributed by atoms with Crippen LogP contribution in [0.1, 0.15) is 37.1 Å². The van der Waals surface area contributed by atoms with Crippen molar-refractivity contribution < 1.29 is 23.7 Å². The molecule has 1 amide bonds. The number of aromatic nitrogens is 4. The molecular formula is C23H33N5O5. The van der Waals surface area contributed by atoms with Gasteiger partial charge < -0.3 is 28.4 Å². The molecule has 0 bridgehead atoms. The molecule has 0 radical (unpaired) electrons. The lowest BCUT2D eigenvalue weighted by atomic mass is 9.95. The fraction of sp³-hybridized carbons (Fsp3) is 0.565. The summed E-state index contributed by atoms with van der Waals surface area (Å²) in [6.07, 6.45) is 10.3. The molecule has 0 saturated carbocycles. The lowest BCUT2D eigenvalue weighted by Gasteiger charge is -2.31. The van der Waals surface area contributed by atoms with E-state index in [4.69, 9.17) is 18.9 Å². The molecule has 3 rings (SSSR count). The Labute approximate surface area is 194 Å². The number of hydrogen-bond acceptors (Lipinski definition) is 8. The Morgan fingerprint density at radius 2 is 1.91 bits per heavy atom. The maximum Gasteiger partial charge on any atom is 0.319 e. The van der Waals surface area contributed by atoms with Crippen molar-refractivity contribution in [3.63, 3.8) is 0 Å². The number of imidazole rings is 1. The van der Waals surface area contributed by atoms with Gasteiger partial charge in [0.05, 0.1) is 39.6 Å². The van der Waals surface area contributed by atoms with Crippen molar-refractivity contribution in [1.29, 1.82) is 0 Å². The van der Waals surface area contributed by atoms with Gasteiger partial charge in [0.25, 0.3) is 0 Å².